The van der Waals surface area contributed by atoms with Crippen molar-refractivity contribution in [2.24, 2.45) is 5.41 Å². The molecule has 0 fully saturated rings. The Bertz CT molecular complexity index is 1250. The lowest BCUT2D eigenvalue weighted by Gasteiger charge is -2.38. The van der Waals surface area contributed by atoms with E-state index in [-0.39, 0.29) is 58.3 Å². The van der Waals surface area contributed by atoms with Gasteiger partial charge in [-0.3, -0.25) is 28.8 Å². The number of carbonyl (C=O) groups excluding carboxylic acids is 6. The van der Waals surface area contributed by atoms with Crippen molar-refractivity contribution in [2.75, 3.05) is 80.8 Å². The standard InChI is InChI=1S/C57H104O13S6/c1-44(2)71-31-19-13-25-50(58)64-37-56(38-65-51(59)26-14-20-32-72-45(3)4,39-66-52(60)27-15-21-33-73-46(5)6)40-70-57(41-67-53(61)28-16-22-34-74-47(7)8,42-68-54(62)29-17-23-35-75-48(9)10)43-69-55(63)30-18-24-36-76-49(11)12/h44-49H,13-43H2,1-12H3. The van der Waals surface area contributed by atoms with Crippen LogP contribution in [0.15, 0.2) is 0 Å². The predicted molar refractivity (Wildman–Crippen MR) is 326 cm³/mol. The molecule has 13 nitrogen and oxygen atoms in total. The summed E-state index contributed by atoms with van der Waals surface area (Å²) in [7, 11) is 0. The first kappa shape index (κ1) is 74.9. The van der Waals surface area contributed by atoms with Crippen LogP contribution in [-0.4, -0.2) is 154 Å². The monoisotopic (exact) mass is 1190 g/mol. The molecule has 0 saturated carbocycles. The Balaban J connectivity index is 7.26. The summed E-state index contributed by atoms with van der Waals surface area (Å²) in [6, 6.07) is 0. The third-order valence-corrected chi connectivity index (χ3v) is 18.3. The van der Waals surface area contributed by atoms with E-state index in [0.717, 1.165) is 73.0 Å². The van der Waals surface area contributed by atoms with Crippen molar-refractivity contribution >= 4 is 106 Å². The number of carbonyl (C=O) groups is 6. The fraction of sp³-hybridized carbons (Fsp3) is 0.895. The molecule has 0 aromatic heterocycles. The van der Waals surface area contributed by atoms with E-state index in [1.165, 1.54) is 0 Å². The Morgan fingerprint density at radius 2 is 0.461 bits per heavy atom. The van der Waals surface area contributed by atoms with Crippen molar-refractivity contribution in [2.45, 2.75) is 236 Å². The van der Waals surface area contributed by atoms with Crippen LogP contribution in [0.1, 0.15) is 199 Å². The van der Waals surface area contributed by atoms with Crippen molar-refractivity contribution in [3.05, 3.63) is 0 Å². The van der Waals surface area contributed by atoms with Gasteiger partial charge >= 0.3 is 35.8 Å². The molecule has 0 aromatic rings. The molecule has 0 rings (SSSR count). The van der Waals surface area contributed by atoms with Crippen molar-refractivity contribution in [1.82, 2.24) is 0 Å². The Kier molecular flexibility index (Phi) is 46.8. The summed E-state index contributed by atoms with van der Waals surface area (Å²) >= 11 is 10.9. The molecule has 0 aliphatic heterocycles. The van der Waals surface area contributed by atoms with Crippen LogP contribution in [-0.2, 0) is 61.9 Å². The third kappa shape index (κ3) is 46.6. The molecule has 0 N–H and O–H groups in total. The second-order valence-electron chi connectivity index (χ2n) is 21.2. The summed E-state index contributed by atoms with van der Waals surface area (Å²) in [5.74, 6) is 2.44. The molecule has 0 aromatic carbocycles. The van der Waals surface area contributed by atoms with Gasteiger partial charge in [0.1, 0.15) is 39.6 Å². The second-order valence-corrected chi connectivity index (χ2v) is 31.3. The van der Waals surface area contributed by atoms with Gasteiger partial charge in [0, 0.05) is 38.5 Å². The molecular formula is C57H104O13S6. The SMILES string of the molecule is CC(C)SCCCCC(=O)OCC(COC(=O)CCCCSC(C)C)(COC(=O)CCCCSC(C)C)COC(COC(=O)CCCCSC(C)C)(COC(=O)CCCCSC(C)C)COC(=O)CCCCSC(C)C. The molecule has 0 aliphatic rings. The molecule has 0 atom stereocenters. The number of rotatable bonds is 51. The summed E-state index contributed by atoms with van der Waals surface area (Å²) in [6.07, 6.45) is 9.29. The van der Waals surface area contributed by atoms with Crippen LogP contribution in [0.5, 0.6) is 0 Å². The zero-order chi connectivity index (χ0) is 57.0. The van der Waals surface area contributed by atoms with E-state index in [1.54, 1.807) is 0 Å². The highest BCUT2D eigenvalue weighted by molar-refractivity contribution is 8.00. The van der Waals surface area contributed by atoms with Gasteiger partial charge in [-0.05, 0) is 143 Å². The van der Waals surface area contributed by atoms with E-state index < -0.39 is 73.3 Å². The third-order valence-electron chi connectivity index (χ3n) is 11.1. The molecule has 0 unspecified atom stereocenters. The highest BCUT2D eigenvalue weighted by Gasteiger charge is 2.43. The minimum absolute atomic E-state index is 0.130. The van der Waals surface area contributed by atoms with Gasteiger partial charge in [-0.15, -0.1) is 0 Å². The zero-order valence-electron chi connectivity index (χ0n) is 49.1. The van der Waals surface area contributed by atoms with Crippen LogP contribution in [0.2, 0.25) is 0 Å². The van der Waals surface area contributed by atoms with Gasteiger partial charge in [-0.2, -0.15) is 70.6 Å². The number of esters is 6. The Morgan fingerprint density at radius 3 is 0.645 bits per heavy atom. The largest absolute Gasteiger partial charge is 0.465 e. The van der Waals surface area contributed by atoms with E-state index in [9.17, 15) is 28.8 Å². The highest BCUT2D eigenvalue weighted by atomic mass is 32.2. The van der Waals surface area contributed by atoms with Crippen LogP contribution in [0, 0.1) is 5.41 Å². The van der Waals surface area contributed by atoms with E-state index in [0.29, 0.717) is 70.0 Å². The molecule has 0 radical (unpaired) electrons. The first-order valence-electron chi connectivity index (χ1n) is 28.3. The maximum Gasteiger partial charge on any atom is 0.305 e. The maximum absolute atomic E-state index is 13.5. The van der Waals surface area contributed by atoms with Crippen LogP contribution in [0.25, 0.3) is 0 Å². The molecule has 0 heterocycles. The van der Waals surface area contributed by atoms with Gasteiger partial charge < -0.3 is 33.2 Å². The van der Waals surface area contributed by atoms with Gasteiger partial charge in [0.15, 0.2) is 5.60 Å². The topological polar surface area (TPSA) is 167 Å². The molecule has 0 spiro atoms. The molecule has 19 heteroatoms. The average molecular weight is 1190 g/mol. The van der Waals surface area contributed by atoms with Gasteiger partial charge in [0.2, 0.25) is 0 Å². The number of ether oxygens (including phenoxy) is 7. The number of thioether (sulfide) groups is 6. The zero-order valence-corrected chi connectivity index (χ0v) is 54.0. The molecule has 0 amide bonds. The van der Waals surface area contributed by atoms with Gasteiger partial charge in [-0.1, -0.05) is 83.1 Å². The van der Waals surface area contributed by atoms with Gasteiger partial charge in [0.05, 0.1) is 12.0 Å². The summed E-state index contributed by atoms with van der Waals surface area (Å²) in [4.78, 5) is 81.0. The highest BCUT2D eigenvalue weighted by Crippen LogP contribution is 2.28. The lowest BCUT2D eigenvalue weighted by Crippen LogP contribution is -2.53. The molecule has 76 heavy (non-hydrogen) atoms. The Hall–Kier alpha value is -1.12. The summed E-state index contributed by atoms with van der Waals surface area (Å²) in [6.45, 7) is 22.7. The lowest BCUT2D eigenvalue weighted by atomic mass is 9.91. The van der Waals surface area contributed by atoms with E-state index in [4.69, 9.17) is 33.2 Å². The lowest BCUT2D eigenvalue weighted by molar-refractivity contribution is -0.207. The number of unbranched alkanes of at least 4 members (excludes halogenated alkanes) is 6. The summed E-state index contributed by atoms with van der Waals surface area (Å²) in [5, 5.41) is 2.80. The van der Waals surface area contributed by atoms with Crippen LogP contribution in [0.4, 0.5) is 0 Å². The van der Waals surface area contributed by atoms with Crippen LogP contribution >= 0.6 is 70.6 Å². The Morgan fingerprint density at radius 1 is 0.276 bits per heavy atom. The molecule has 0 saturated heterocycles. The van der Waals surface area contributed by atoms with Crippen molar-refractivity contribution in [3.63, 3.8) is 0 Å². The minimum atomic E-state index is -1.77. The van der Waals surface area contributed by atoms with Crippen molar-refractivity contribution in [1.29, 1.82) is 0 Å². The normalized spacial score (nSPS) is 12.1. The van der Waals surface area contributed by atoms with Crippen LogP contribution in [0.3, 0.4) is 0 Å². The average Bonchev–Trinajstić information content (AvgIpc) is 3.34. The predicted octanol–water partition coefficient (Wildman–Crippen LogP) is 13.9. The smallest absolute Gasteiger partial charge is 0.305 e. The first-order chi connectivity index (χ1) is 36.1. The van der Waals surface area contributed by atoms with Crippen molar-refractivity contribution < 1.29 is 61.9 Å². The van der Waals surface area contributed by atoms with Crippen LogP contribution < -0.4 is 0 Å². The van der Waals surface area contributed by atoms with E-state index in [1.807, 2.05) is 70.6 Å². The first-order valence-corrected chi connectivity index (χ1v) is 34.6. The molecule has 0 aliphatic carbocycles. The fourth-order valence-corrected chi connectivity index (χ4v) is 11.8. The molecule has 0 bridgehead atoms. The van der Waals surface area contributed by atoms with E-state index >= 15 is 0 Å². The van der Waals surface area contributed by atoms with Gasteiger partial charge in [0.25, 0.3) is 0 Å². The van der Waals surface area contributed by atoms with Crippen molar-refractivity contribution in [3.8, 4) is 0 Å². The maximum atomic E-state index is 13.5. The molecule has 446 valence electrons. The molecular weight excluding hydrogens is 1090 g/mol. The minimum Gasteiger partial charge on any atom is -0.465 e. The summed E-state index contributed by atoms with van der Waals surface area (Å²) in [5.41, 5.74) is -3.26. The summed E-state index contributed by atoms with van der Waals surface area (Å²) < 4.78 is 42.7. The van der Waals surface area contributed by atoms with Gasteiger partial charge in [-0.25, -0.2) is 0 Å². The Labute approximate surface area is 487 Å². The number of hydrogen-bond donors (Lipinski definition) is 0. The van der Waals surface area contributed by atoms with E-state index in [2.05, 4.69) is 83.1 Å². The second kappa shape index (κ2) is 47.5. The fourth-order valence-electron chi connectivity index (χ4n) is 6.72. The number of hydrogen-bond acceptors (Lipinski definition) is 19. The quantitative estimate of drug-likeness (QED) is 0.0320.